The van der Waals surface area contributed by atoms with Gasteiger partial charge in [-0.25, -0.2) is 15.0 Å². The van der Waals surface area contributed by atoms with Crippen LogP contribution in [0.4, 0.5) is 0 Å². The van der Waals surface area contributed by atoms with Crippen molar-refractivity contribution in [2.24, 2.45) is 0 Å². The van der Waals surface area contributed by atoms with Crippen molar-refractivity contribution in [2.75, 3.05) is 0 Å². The third-order valence-electron chi connectivity index (χ3n) is 11.3. The van der Waals surface area contributed by atoms with Crippen molar-refractivity contribution in [3.63, 3.8) is 0 Å². The molecular weight excluding hydrogens is 705 g/mol. The summed E-state index contributed by atoms with van der Waals surface area (Å²) in [5.74, 6) is 1.83. The van der Waals surface area contributed by atoms with Crippen molar-refractivity contribution in [1.82, 2.24) is 15.0 Å². The minimum atomic E-state index is 0.606. The Hall–Kier alpha value is -8.00. The molecule has 4 heteroatoms. The zero-order valence-corrected chi connectivity index (χ0v) is 31.3. The van der Waals surface area contributed by atoms with E-state index >= 15 is 0 Å². The number of aromatic nitrogens is 3. The van der Waals surface area contributed by atoms with Gasteiger partial charge in [0.1, 0.15) is 0 Å². The molecule has 0 bridgehead atoms. The molecule has 58 heavy (non-hydrogen) atoms. The molecule has 0 fully saturated rings. The van der Waals surface area contributed by atoms with Crippen LogP contribution in [0.2, 0.25) is 0 Å². The van der Waals surface area contributed by atoms with Gasteiger partial charge in [0.15, 0.2) is 17.5 Å². The molecule has 9 aromatic carbocycles. The minimum Gasteiger partial charge on any atom is -0.208 e. The maximum atomic E-state index is 9.31. The smallest absolute Gasteiger partial charge is 0.164 e. The number of benzene rings is 9. The van der Waals surface area contributed by atoms with E-state index in [1.165, 1.54) is 38.6 Å². The number of hydrogen-bond acceptors (Lipinski definition) is 4. The SMILES string of the molecule is N#Cc1ccc(-c2ccc(-c3c(-c4nc(-c5ccccc5)nc(-c5cccc(-c6ccc7c8c(cccc68)-c6ccccc6-7)c5)n4)ccc4ccccc34)cc2)cc1. The van der Waals surface area contributed by atoms with Crippen LogP contribution >= 0.6 is 0 Å². The van der Waals surface area contributed by atoms with Crippen LogP contribution in [-0.4, -0.2) is 15.0 Å². The van der Waals surface area contributed by atoms with Crippen molar-refractivity contribution >= 4 is 21.5 Å². The van der Waals surface area contributed by atoms with Crippen molar-refractivity contribution in [3.8, 4) is 95.9 Å². The molecular formula is C54H32N4. The third kappa shape index (κ3) is 5.57. The molecule has 1 heterocycles. The van der Waals surface area contributed by atoms with Gasteiger partial charge in [0.25, 0.3) is 0 Å². The molecule has 0 saturated carbocycles. The fourth-order valence-electron chi connectivity index (χ4n) is 8.56. The molecule has 10 aromatic rings. The van der Waals surface area contributed by atoms with Gasteiger partial charge in [-0.15, -0.1) is 0 Å². The van der Waals surface area contributed by atoms with Gasteiger partial charge in [-0.05, 0) is 95.9 Å². The molecule has 1 aliphatic rings. The fourth-order valence-corrected chi connectivity index (χ4v) is 8.56. The molecule has 0 amide bonds. The van der Waals surface area contributed by atoms with Gasteiger partial charge >= 0.3 is 0 Å². The Morgan fingerprint density at radius 3 is 1.64 bits per heavy atom. The van der Waals surface area contributed by atoms with Crippen molar-refractivity contribution in [1.29, 1.82) is 5.26 Å². The fraction of sp³-hybridized carbons (Fsp3) is 0. The summed E-state index contributed by atoms with van der Waals surface area (Å²) in [5.41, 5.74) is 15.1. The number of rotatable bonds is 6. The topological polar surface area (TPSA) is 62.5 Å². The number of hydrogen-bond donors (Lipinski definition) is 0. The second-order valence-electron chi connectivity index (χ2n) is 14.7. The predicted octanol–water partition coefficient (Wildman–Crippen LogP) is 13.7. The number of fused-ring (bicyclic) bond motifs is 4. The van der Waals surface area contributed by atoms with Gasteiger partial charge in [0, 0.05) is 22.3 Å². The van der Waals surface area contributed by atoms with Gasteiger partial charge in [-0.1, -0.05) is 170 Å². The first-order chi connectivity index (χ1) is 28.7. The largest absolute Gasteiger partial charge is 0.208 e. The van der Waals surface area contributed by atoms with E-state index in [1.807, 2.05) is 54.6 Å². The quantitative estimate of drug-likeness (QED) is 0.170. The molecule has 4 nitrogen and oxygen atoms in total. The summed E-state index contributed by atoms with van der Waals surface area (Å²) in [7, 11) is 0. The van der Waals surface area contributed by atoms with E-state index in [0.29, 0.717) is 23.0 Å². The van der Waals surface area contributed by atoms with Gasteiger partial charge in [-0.3, -0.25) is 0 Å². The normalized spacial score (nSPS) is 11.4. The number of nitrogens with zero attached hydrogens (tertiary/aromatic N) is 4. The lowest BCUT2D eigenvalue weighted by atomic mass is 9.91. The standard InChI is InChI=1S/C54H32N4/c55-33-34-20-22-35(23-21-34)36-24-26-38(27-25-36)50-43-15-5-4-10-37(43)28-29-49(50)54-57-52(39-11-2-1-3-12-39)56-53(58-54)41-14-8-13-40(32-41)42-30-31-48-45-17-7-6-16-44(45)47-19-9-18-46(42)51(47)48/h1-32H. The molecule has 0 aliphatic heterocycles. The maximum Gasteiger partial charge on any atom is 0.164 e. The van der Waals surface area contributed by atoms with E-state index < -0.39 is 0 Å². The molecule has 0 spiro atoms. The average molecular weight is 737 g/mol. The Kier molecular flexibility index (Phi) is 7.84. The summed E-state index contributed by atoms with van der Waals surface area (Å²) in [5, 5.41) is 14.1. The Labute approximate surface area is 336 Å². The Balaban J connectivity index is 1.07. The van der Waals surface area contributed by atoms with Crippen LogP contribution in [0.1, 0.15) is 5.56 Å². The van der Waals surface area contributed by atoms with Crippen molar-refractivity contribution in [2.45, 2.75) is 0 Å². The second-order valence-corrected chi connectivity index (χ2v) is 14.7. The van der Waals surface area contributed by atoms with E-state index in [0.717, 1.165) is 55.3 Å². The number of nitriles is 1. The van der Waals surface area contributed by atoms with Gasteiger partial charge < -0.3 is 0 Å². The highest BCUT2D eigenvalue weighted by Gasteiger charge is 2.23. The molecule has 0 radical (unpaired) electrons. The first-order valence-corrected chi connectivity index (χ1v) is 19.4. The monoisotopic (exact) mass is 736 g/mol. The highest BCUT2D eigenvalue weighted by molar-refractivity contribution is 6.18. The van der Waals surface area contributed by atoms with E-state index in [9.17, 15) is 5.26 Å². The molecule has 268 valence electrons. The zero-order chi connectivity index (χ0) is 38.6. The summed E-state index contributed by atoms with van der Waals surface area (Å²) < 4.78 is 0. The Morgan fingerprint density at radius 1 is 0.328 bits per heavy atom. The first-order valence-electron chi connectivity index (χ1n) is 19.4. The summed E-state index contributed by atoms with van der Waals surface area (Å²) >= 11 is 0. The van der Waals surface area contributed by atoms with Gasteiger partial charge in [0.05, 0.1) is 11.6 Å². The van der Waals surface area contributed by atoms with Crippen molar-refractivity contribution in [3.05, 3.63) is 200 Å². The third-order valence-corrected chi connectivity index (χ3v) is 11.3. The molecule has 0 saturated heterocycles. The highest BCUT2D eigenvalue weighted by Crippen LogP contribution is 2.49. The minimum absolute atomic E-state index is 0.606. The summed E-state index contributed by atoms with van der Waals surface area (Å²) in [6.45, 7) is 0. The lowest BCUT2D eigenvalue weighted by Gasteiger charge is -2.15. The molecule has 11 rings (SSSR count). The lowest BCUT2D eigenvalue weighted by molar-refractivity contribution is 1.07. The van der Waals surface area contributed by atoms with E-state index in [1.54, 1.807) is 0 Å². The summed E-state index contributed by atoms with van der Waals surface area (Å²) in [4.78, 5) is 15.6. The molecule has 0 atom stereocenters. The summed E-state index contributed by atoms with van der Waals surface area (Å²) in [6, 6.07) is 69.9. The van der Waals surface area contributed by atoms with Gasteiger partial charge in [-0.2, -0.15) is 5.26 Å². The van der Waals surface area contributed by atoms with Crippen LogP contribution < -0.4 is 0 Å². The molecule has 0 N–H and O–H groups in total. The Morgan fingerprint density at radius 2 is 0.862 bits per heavy atom. The van der Waals surface area contributed by atoms with Crippen LogP contribution in [0.25, 0.3) is 111 Å². The van der Waals surface area contributed by atoms with Crippen LogP contribution in [0.15, 0.2) is 194 Å². The average Bonchev–Trinajstić information content (AvgIpc) is 3.63. The molecule has 1 aliphatic carbocycles. The maximum absolute atomic E-state index is 9.31. The predicted molar refractivity (Wildman–Crippen MR) is 237 cm³/mol. The molecule has 0 unspecified atom stereocenters. The molecule has 1 aromatic heterocycles. The lowest BCUT2D eigenvalue weighted by Crippen LogP contribution is -2.01. The van der Waals surface area contributed by atoms with E-state index in [2.05, 4.69) is 146 Å². The summed E-state index contributed by atoms with van der Waals surface area (Å²) in [6.07, 6.45) is 0. The second kappa shape index (κ2) is 13.6. The van der Waals surface area contributed by atoms with E-state index in [4.69, 9.17) is 15.0 Å². The van der Waals surface area contributed by atoms with Gasteiger partial charge in [0.2, 0.25) is 0 Å². The van der Waals surface area contributed by atoms with Crippen LogP contribution in [0.3, 0.4) is 0 Å². The Bertz CT molecular complexity index is 3240. The van der Waals surface area contributed by atoms with Crippen LogP contribution in [0, 0.1) is 11.3 Å². The highest BCUT2D eigenvalue weighted by atomic mass is 15.0. The van der Waals surface area contributed by atoms with Crippen LogP contribution in [0.5, 0.6) is 0 Å². The first kappa shape index (κ1) is 33.3. The zero-order valence-electron chi connectivity index (χ0n) is 31.3. The van der Waals surface area contributed by atoms with Crippen LogP contribution in [-0.2, 0) is 0 Å². The van der Waals surface area contributed by atoms with E-state index in [-0.39, 0.29) is 0 Å². The van der Waals surface area contributed by atoms with Crippen molar-refractivity contribution < 1.29 is 0 Å².